The predicted octanol–water partition coefficient (Wildman–Crippen LogP) is 7.17. The molecule has 0 bridgehead atoms. The zero-order valence-corrected chi connectivity index (χ0v) is 27.8. The number of hydrogen-bond donors (Lipinski definition) is 4. The average molecular weight is 648 g/mol. The highest BCUT2D eigenvalue weighted by Crippen LogP contribution is 2.33. The largest absolute Gasteiger partial charge is 0.488 e. The van der Waals surface area contributed by atoms with Gasteiger partial charge in [-0.3, -0.25) is 15.3 Å². The Bertz CT molecular complexity index is 1860. The molecule has 3 heterocycles. The molecule has 12 heteroatoms. The molecule has 0 saturated carbocycles. The maximum absolute atomic E-state index is 13.5. The van der Waals surface area contributed by atoms with Crippen LogP contribution in [0.1, 0.15) is 39.7 Å². The second-order valence-corrected chi connectivity index (χ2v) is 12.2. The van der Waals surface area contributed by atoms with Gasteiger partial charge in [0.1, 0.15) is 29.8 Å². The number of carbonyl (C=O) groups excluding carboxylic acids is 1. The van der Waals surface area contributed by atoms with Crippen molar-refractivity contribution in [2.24, 2.45) is 17.2 Å². The minimum Gasteiger partial charge on any atom is -0.488 e. The fraction of sp³-hybridized carbons (Fsp3) is 0.250. The van der Waals surface area contributed by atoms with Crippen molar-refractivity contribution < 1.29 is 14.3 Å². The molecule has 0 aliphatic carbocycles. The van der Waals surface area contributed by atoms with E-state index in [1.165, 1.54) is 5.01 Å². The highest BCUT2D eigenvalue weighted by Gasteiger charge is 2.24. The number of aromatic nitrogens is 4. The Balaban J connectivity index is 1.33. The first-order valence-electron chi connectivity index (χ1n) is 15.6. The van der Waals surface area contributed by atoms with Gasteiger partial charge in [-0.15, -0.1) is 0 Å². The fourth-order valence-corrected chi connectivity index (χ4v) is 5.19. The summed E-state index contributed by atoms with van der Waals surface area (Å²) in [5.41, 5.74) is 2.06. The van der Waals surface area contributed by atoms with Crippen LogP contribution in [-0.4, -0.2) is 33.1 Å². The molecular weight excluding hydrogens is 606 g/mol. The zero-order valence-electron chi connectivity index (χ0n) is 27.8. The summed E-state index contributed by atoms with van der Waals surface area (Å²) in [7, 11) is 1.55. The summed E-state index contributed by atoms with van der Waals surface area (Å²) in [4.78, 5) is 30.5. The van der Waals surface area contributed by atoms with E-state index in [0.717, 1.165) is 22.8 Å². The zero-order chi connectivity index (χ0) is 34.1. The number of anilines is 4. The van der Waals surface area contributed by atoms with E-state index in [-0.39, 0.29) is 11.3 Å². The van der Waals surface area contributed by atoms with E-state index < -0.39 is 6.03 Å². The van der Waals surface area contributed by atoms with E-state index in [1.807, 2.05) is 54.6 Å². The van der Waals surface area contributed by atoms with Gasteiger partial charge >= 0.3 is 6.03 Å². The Morgan fingerprint density at radius 1 is 0.958 bits per heavy atom. The summed E-state index contributed by atoms with van der Waals surface area (Å²) in [6.07, 6.45) is 11.0. The highest BCUT2D eigenvalue weighted by atomic mass is 16.5. The first-order valence-corrected chi connectivity index (χ1v) is 15.6. The van der Waals surface area contributed by atoms with Crippen LogP contribution in [0.25, 0.3) is 10.8 Å². The molecular formula is C36H41N9O3. The molecule has 1 unspecified atom stereocenters. The number of hydrogen-bond acceptors (Lipinski definition) is 10. The normalized spacial score (nSPS) is 12.2. The number of benzene rings is 2. The predicted molar refractivity (Wildman–Crippen MR) is 189 cm³/mol. The van der Waals surface area contributed by atoms with Crippen LogP contribution >= 0.6 is 0 Å². The molecule has 0 fully saturated rings. The van der Waals surface area contributed by atoms with Crippen molar-refractivity contribution in [1.29, 1.82) is 0 Å². The Morgan fingerprint density at radius 3 is 2.44 bits per heavy atom. The van der Waals surface area contributed by atoms with Crippen molar-refractivity contribution >= 4 is 39.8 Å². The minimum absolute atomic E-state index is 0.0614. The van der Waals surface area contributed by atoms with Gasteiger partial charge in [0.05, 0.1) is 30.9 Å². The first kappa shape index (κ1) is 33.6. The SMILES string of the molecule is CCC(/C=C(/NC(=O)Nc1ccc(OCc2ccnc(Nc3cnccn3)c2)c2ccccc12)N(N)c1ccc(OC)nc1)C(C)(C)C. The number of allylic oxidation sites excluding steroid dienone is 1. The van der Waals surface area contributed by atoms with Gasteiger partial charge in [0.2, 0.25) is 5.88 Å². The second kappa shape index (κ2) is 15.2. The molecule has 0 saturated heterocycles. The number of rotatable bonds is 12. The van der Waals surface area contributed by atoms with Gasteiger partial charge in [-0.1, -0.05) is 52.0 Å². The van der Waals surface area contributed by atoms with E-state index in [9.17, 15) is 4.79 Å². The quantitative estimate of drug-likeness (QED) is 0.0810. The van der Waals surface area contributed by atoms with Gasteiger partial charge in [-0.25, -0.2) is 25.6 Å². The fourth-order valence-electron chi connectivity index (χ4n) is 5.19. The number of hydrazine groups is 1. The van der Waals surface area contributed by atoms with Crippen LogP contribution in [0, 0.1) is 11.3 Å². The molecule has 5 N–H and O–H groups in total. The summed E-state index contributed by atoms with van der Waals surface area (Å²) in [6, 6.07) is 18.3. The number of pyridine rings is 2. The molecule has 0 radical (unpaired) electrons. The molecule has 2 amide bonds. The van der Waals surface area contributed by atoms with Gasteiger partial charge < -0.3 is 20.1 Å². The lowest BCUT2D eigenvalue weighted by Crippen LogP contribution is -2.42. The van der Waals surface area contributed by atoms with Crippen molar-refractivity contribution in [3.63, 3.8) is 0 Å². The summed E-state index contributed by atoms with van der Waals surface area (Å²) in [5.74, 6) is 9.49. The molecule has 2 aromatic carbocycles. The first-order chi connectivity index (χ1) is 23.1. The molecule has 0 spiro atoms. The maximum Gasteiger partial charge on any atom is 0.324 e. The number of urea groups is 1. The lowest BCUT2D eigenvalue weighted by atomic mass is 9.79. The van der Waals surface area contributed by atoms with Crippen LogP contribution in [0.15, 0.2) is 104 Å². The number of amides is 2. The number of methoxy groups -OCH3 is 1. The second-order valence-electron chi connectivity index (χ2n) is 12.2. The summed E-state index contributed by atoms with van der Waals surface area (Å²) >= 11 is 0. The van der Waals surface area contributed by atoms with Gasteiger partial charge in [0, 0.05) is 35.4 Å². The molecule has 0 aliphatic heterocycles. The van der Waals surface area contributed by atoms with Crippen molar-refractivity contribution in [3.05, 3.63) is 109 Å². The van der Waals surface area contributed by atoms with Gasteiger partial charge in [-0.2, -0.15) is 0 Å². The molecule has 5 aromatic rings. The van der Waals surface area contributed by atoms with Crippen molar-refractivity contribution in [3.8, 4) is 11.6 Å². The minimum atomic E-state index is -0.444. The molecule has 0 aliphatic rings. The Morgan fingerprint density at radius 2 is 1.75 bits per heavy atom. The molecule has 5 rings (SSSR count). The van der Waals surface area contributed by atoms with Crippen LogP contribution in [-0.2, 0) is 6.61 Å². The third kappa shape index (κ3) is 8.53. The van der Waals surface area contributed by atoms with E-state index in [0.29, 0.717) is 47.1 Å². The van der Waals surface area contributed by atoms with Gasteiger partial charge in [-0.05, 0) is 59.7 Å². The van der Waals surface area contributed by atoms with E-state index >= 15 is 0 Å². The third-order valence-corrected chi connectivity index (χ3v) is 7.79. The van der Waals surface area contributed by atoms with Crippen LogP contribution in [0.4, 0.5) is 27.8 Å². The molecule has 248 valence electrons. The lowest BCUT2D eigenvalue weighted by molar-refractivity contribution is 0.253. The van der Waals surface area contributed by atoms with Gasteiger partial charge in [0.15, 0.2) is 0 Å². The van der Waals surface area contributed by atoms with E-state index in [2.05, 4.69) is 63.6 Å². The number of nitrogens with two attached hydrogens (primary N) is 1. The number of ether oxygens (including phenoxy) is 2. The van der Waals surface area contributed by atoms with Crippen LogP contribution in [0.5, 0.6) is 11.6 Å². The van der Waals surface area contributed by atoms with Crippen LogP contribution in [0.3, 0.4) is 0 Å². The number of nitrogens with one attached hydrogen (secondary N) is 3. The third-order valence-electron chi connectivity index (χ3n) is 7.79. The Hall–Kier alpha value is -5.75. The summed E-state index contributed by atoms with van der Waals surface area (Å²) < 4.78 is 11.5. The standard InChI is InChI=1S/C36H41N9O3/c1-6-25(36(2,3)4)20-33(45(37)26-11-14-34(47-5)41-21-26)44-35(46)42-29-12-13-30(28-10-8-7-9-27(28)29)48-23-24-15-16-39-31(19-24)43-32-22-38-17-18-40-32/h7-22,25H,6,23,37H2,1-5H3,(H,39,40,43)(H2,42,44,46)/b33-20-. The molecule has 12 nitrogen and oxygen atoms in total. The van der Waals surface area contributed by atoms with E-state index in [4.69, 9.17) is 15.3 Å². The van der Waals surface area contributed by atoms with Crippen molar-refractivity contribution in [2.75, 3.05) is 22.8 Å². The van der Waals surface area contributed by atoms with Gasteiger partial charge in [0.25, 0.3) is 0 Å². The number of carbonyl (C=O) groups is 1. The maximum atomic E-state index is 13.5. The Kier molecular flexibility index (Phi) is 10.7. The number of nitrogens with zero attached hydrogens (tertiary/aromatic N) is 5. The van der Waals surface area contributed by atoms with Crippen molar-refractivity contribution in [1.82, 2.24) is 25.3 Å². The van der Waals surface area contributed by atoms with E-state index in [1.54, 1.807) is 50.2 Å². The average Bonchev–Trinajstić information content (AvgIpc) is 3.09. The number of fused-ring (bicyclic) bond motifs is 1. The summed E-state index contributed by atoms with van der Waals surface area (Å²) in [6.45, 7) is 8.89. The summed E-state index contributed by atoms with van der Waals surface area (Å²) in [5, 5.41) is 12.2. The highest BCUT2D eigenvalue weighted by molar-refractivity contribution is 6.04. The van der Waals surface area contributed by atoms with Crippen LogP contribution < -0.4 is 36.3 Å². The monoisotopic (exact) mass is 647 g/mol. The smallest absolute Gasteiger partial charge is 0.324 e. The lowest BCUT2D eigenvalue weighted by Gasteiger charge is -2.30. The molecule has 48 heavy (non-hydrogen) atoms. The van der Waals surface area contributed by atoms with Crippen molar-refractivity contribution in [2.45, 2.75) is 40.7 Å². The Labute approximate surface area is 280 Å². The topological polar surface area (TPSA) is 152 Å². The molecule has 3 aromatic heterocycles. The van der Waals surface area contributed by atoms with Crippen LogP contribution in [0.2, 0.25) is 0 Å². The molecule has 1 atom stereocenters.